The first kappa shape index (κ1) is 10.8. The molecule has 0 aliphatic heterocycles. The number of carbonyl (C=O) groups is 2. The number of alkyl halides is 2. The van der Waals surface area contributed by atoms with Crippen LogP contribution >= 0.6 is 0 Å². The first-order valence-electron chi connectivity index (χ1n) is 2.97. The molecule has 0 aromatic rings. The molecule has 0 fully saturated rings. The van der Waals surface area contributed by atoms with E-state index in [1.54, 1.807) is 0 Å². The van der Waals surface area contributed by atoms with Gasteiger partial charge in [0.15, 0.2) is 0 Å². The number of carbonyl (C=O) groups excluding carboxylic acids is 1. The molecule has 1 unspecified atom stereocenters. The monoisotopic (exact) mass is 182 g/mol. The van der Waals surface area contributed by atoms with Gasteiger partial charge in [-0.2, -0.15) is 0 Å². The van der Waals surface area contributed by atoms with Crippen molar-refractivity contribution in [2.45, 2.75) is 13.3 Å². The lowest BCUT2D eigenvalue weighted by Gasteiger charge is -2.19. The molecule has 0 rings (SSSR count). The van der Waals surface area contributed by atoms with Gasteiger partial charge in [0.25, 0.3) is 6.43 Å². The van der Waals surface area contributed by atoms with Crippen LogP contribution in [-0.4, -0.2) is 30.6 Å². The van der Waals surface area contributed by atoms with Crippen LogP contribution in [-0.2, 0) is 14.3 Å². The molecular weight excluding hydrogens is 174 g/mol. The second-order valence-electron chi connectivity index (χ2n) is 2.30. The summed E-state index contributed by atoms with van der Waals surface area (Å²) in [5.41, 5.74) is -2.77. The number of hydrogen-bond acceptors (Lipinski definition) is 3. The van der Waals surface area contributed by atoms with Crippen molar-refractivity contribution < 1.29 is 28.2 Å². The van der Waals surface area contributed by atoms with E-state index in [0.717, 1.165) is 7.11 Å². The summed E-state index contributed by atoms with van der Waals surface area (Å²) in [5, 5.41) is 8.32. The van der Waals surface area contributed by atoms with Crippen LogP contribution < -0.4 is 0 Å². The van der Waals surface area contributed by atoms with Crippen LogP contribution in [0, 0.1) is 5.41 Å². The van der Waals surface area contributed by atoms with Gasteiger partial charge in [-0.15, -0.1) is 0 Å². The van der Waals surface area contributed by atoms with Gasteiger partial charge in [0, 0.05) is 0 Å². The quantitative estimate of drug-likeness (QED) is 0.510. The van der Waals surface area contributed by atoms with Crippen LogP contribution in [0.3, 0.4) is 0 Å². The average Bonchev–Trinajstić information content (AvgIpc) is 2.00. The molecule has 70 valence electrons. The van der Waals surface area contributed by atoms with E-state index in [-0.39, 0.29) is 0 Å². The zero-order chi connectivity index (χ0) is 9.94. The summed E-state index contributed by atoms with van der Waals surface area (Å²) in [6.45, 7) is 0.617. The van der Waals surface area contributed by atoms with Gasteiger partial charge >= 0.3 is 11.9 Å². The SMILES string of the molecule is COC(=O)C(C)(C(=O)O)C(F)F. The fourth-order valence-electron chi connectivity index (χ4n) is 0.482. The lowest BCUT2D eigenvalue weighted by Crippen LogP contribution is -2.43. The van der Waals surface area contributed by atoms with Gasteiger partial charge in [-0.1, -0.05) is 0 Å². The highest BCUT2D eigenvalue weighted by Crippen LogP contribution is 2.27. The Balaban J connectivity index is 4.87. The summed E-state index contributed by atoms with van der Waals surface area (Å²) in [5.74, 6) is -3.35. The molecule has 0 aliphatic carbocycles. The molecule has 0 bridgehead atoms. The molecule has 0 aliphatic rings. The summed E-state index contributed by atoms with van der Waals surface area (Å²) in [6.07, 6.45) is -3.29. The standard InChI is InChI=1S/C6H8F2O4/c1-6(3(7)8,4(9)10)5(11)12-2/h3H,1-2H3,(H,9,10). The van der Waals surface area contributed by atoms with Crippen molar-refractivity contribution in [1.29, 1.82) is 0 Å². The smallest absolute Gasteiger partial charge is 0.328 e. The number of ether oxygens (including phenoxy) is 1. The highest BCUT2D eigenvalue weighted by Gasteiger charge is 2.51. The molecule has 0 heterocycles. The predicted molar refractivity (Wildman–Crippen MR) is 33.8 cm³/mol. The molecule has 0 spiro atoms. The number of esters is 1. The van der Waals surface area contributed by atoms with Crippen molar-refractivity contribution >= 4 is 11.9 Å². The number of carboxylic acid groups (broad SMARTS) is 1. The molecular formula is C6H8F2O4. The zero-order valence-corrected chi connectivity index (χ0v) is 6.51. The first-order valence-corrected chi connectivity index (χ1v) is 2.97. The number of halogens is 2. The minimum Gasteiger partial charge on any atom is -0.480 e. The molecule has 0 aromatic carbocycles. The predicted octanol–water partition coefficient (Wildman–Crippen LogP) is 0.515. The molecule has 4 nitrogen and oxygen atoms in total. The molecule has 1 N–H and O–H groups in total. The molecule has 0 amide bonds. The average molecular weight is 182 g/mol. The van der Waals surface area contributed by atoms with Crippen LogP contribution in [0.25, 0.3) is 0 Å². The zero-order valence-electron chi connectivity index (χ0n) is 6.51. The first-order chi connectivity index (χ1) is 5.37. The van der Waals surface area contributed by atoms with Gasteiger partial charge in [0.2, 0.25) is 5.41 Å². The maximum Gasteiger partial charge on any atom is 0.328 e. The summed E-state index contributed by atoms with van der Waals surface area (Å²) in [7, 11) is 0.853. The second kappa shape index (κ2) is 3.46. The Morgan fingerprint density at radius 1 is 1.50 bits per heavy atom. The Morgan fingerprint density at radius 2 is 1.92 bits per heavy atom. The van der Waals surface area contributed by atoms with E-state index < -0.39 is 23.8 Å². The van der Waals surface area contributed by atoms with E-state index in [9.17, 15) is 18.4 Å². The Kier molecular flexibility index (Phi) is 3.12. The number of aliphatic carboxylic acids is 1. The number of rotatable bonds is 3. The van der Waals surface area contributed by atoms with Crippen molar-refractivity contribution in [1.82, 2.24) is 0 Å². The Hall–Kier alpha value is -1.20. The van der Waals surface area contributed by atoms with E-state index >= 15 is 0 Å². The molecule has 0 aromatic heterocycles. The van der Waals surface area contributed by atoms with Gasteiger partial charge < -0.3 is 9.84 Å². The molecule has 12 heavy (non-hydrogen) atoms. The molecule has 0 radical (unpaired) electrons. The van der Waals surface area contributed by atoms with Gasteiger partial charge in [-0.25, -0.2) is 8.78 Å². The second-order valence-corrected chi connectivity index (χ2v) is 2.30. The number of carboxylic acids is 1. The minimum atomic E-state index is -3.29. The van der Waals surface area contributed by atoms with E-state index in [1.807, 2.05) is 0 Å². The number of methoxy groups -OCH3 is 1. The van der Waals surface area contributed by atoms with E-state index in [0.29, 0.717) is 6.92 Å². The van der Waals surface area contributed by atoms with Gasteiger partial charge in [-0.05, 0) is 6.92 Å². The maximum atomic E-state index is 12.1. The fraction of sp³-hybridized carbons (Fsp3) is 0.667. The van der Waals surface area contributed by atoms with Gasteiger partial charge in [-0.3, -0.25) is 9.59 Å². The lowest BCUT2D eigenvalue weighted by molar-refractivity contribution is -0.176. The Labute approximate surface area is 67.1 Å². The summed E-state index contributed by atoms with van der Waals surface area (Å²) in [4.78, 5) is 20.9. The maximum absolute atomic E-state index is 12.1. The van der Waals surface area contributed by atoms with Crippen molar-refractivity contribution in [3.63, 3.8) is 0 Å². The van der Waals surface area contributed by atoms with Crippen molar-refractivity contribution in [2.75, 3.05) is 7.11 Å². The van der Waals surface area contributed by atoms with Crippen LogP contribution in [0.15, 0.2) is 0 Å². The molecule has 0 saturated carbocycles. The van der Waals surface area contributed by atoms with Crippen molar-refractivity contribution in [2.24, 2.45) is 5.41 Å². The summed E-state index contributed by atoms with van der Waals surface area (Å²) in [6, 6.07) is 0. The van der Waals surface area contributed by atoms with E-state index in [4.69, 9.17) is 5.11 Å². The van der Waals surface area contributed by atoms with Crippen LogP contribution in [0.4, 0.5) is 8.78 Å². The van der Waals surface area contributed by atoms with Crippen LogP contribution in [0.2, 0.25) is 0 Å². The highest BCUT2D eigenvalue weighted by atomic mass is 19.3. The third-order valence-electron chi connectivity index (χ3n) is 1.49. The lowest BCUT2D eigenvalue weighted by atomic mass is 9.92. The summed E-state index contributed by atoms with van der Waals surface area (Å²) >= 11 is 0. The van der Waals surface area contributed by atoms with E-state index in [2.05, 4.69) is 4.74 Å². The largest absolute Gasteiger partial charge is 0.480 e. The normalized spacial score (nSPS) is 15.4. The number of hydrogen-bond donors (Lipinski definition) is 1. The topological polar surface area (TPSA) is 63.6 Å². The van der Waals surface area contributed by atoms with Crippen LogP contribution in [0.5, 0.6) is 0 Å². The van der Waals surface area contributed by atoms with Gasteiger partial charge in [0.1, 0.15) is 0 Å². The third-order valence-corrected chi connectivity index (χ3v) is 1.49. The Morgan fingerprint density at radius 3 is 2.00 bits per heavy atom. The Bertz CT molecular complexity index is 204. The van der Waals surface area contributed by atoms with Crippen molar-refractivity contribution in [3.05, 3.63) is 0 Å². The molecule has 0 saturated heterocycles. The van der Waals surface area contributed by atoms with Gasteiger partial charge in [0.05, 0.1) is 7.11 Å². The fourth-order valence-corrected chi connectivity index (χ4v) is 0.482. The van der Waals surface area contributed by atoms with Crippen LogP contribution in [0.1, 0.15) is 6.92 Å². The minimum absolute atomic E-state index is 0.617. The highest BCUT2D eigenvalue weighted by molar-refractivity contribution is 5.99. The molecule has 1 atom stereocenters. The third kappa shape index (κ3) is 1.51. The summed E-state index contributed by atoms with van der Waals surface area (Å²) < 4.78 is 28.1. The van der Waals surface area contributed by atoms with Crippen molar-refractivity contribution in [3.8, 4) is 0 Å². The molecule has 6 heteroatoms. The van der Waals surface area contributed by atoms with E-state index in [1.165, 1.54) is 0 Å².